The second kappa shape index (κ2) is 7.39. The molecule has 0 aliphatic heterocycles. The van der Waals surface area contributed by atoms with Crippen LogP contribution in [-0.2, 0) is 13.0 Å². The zero-order valence-electron chi connectivity index (χ0n) is 11.0. The fourth-order valence-electron chi connectivity index (χ4n) is 2.04. The Balaban J connectivity index is 1.95. The van der Waals surface area contributed by atoms with E-state index in [1.807, 2.05) is 30.3 Å². The molecule has 0 unspecified atom stereocenters. The highest BCUT2D eigenvalue weighted by molar-refractivity contribution is 6.30. The first-order chi connectivity index (χ1) is 9.70. The Labute approximate surface area is 123 Å². The molecule has 4 heteroatoms. The van der Waals surface area contributed by atoms with Crippen LogP contribution in [0.2, 0.25) is 5.02 Å². The van der Waals surface area contributed by atoms with Crippen molar-refractivity contribution >= 4 is 11.6 Å². The van der Waals surface area contributed by atoms with Crippen LogP contribution in [0, 0.1) is 5.82 Å². The van der Waals surface area contributed by atoms with Gasteiger partial charge in [-0.1, -0.05) is 54.1 Å². The molecule has 2 nitrogen and oxygen atoms in total. The first-order valence-electron chi connectivity index (χ1n) is 6.51. The molecule has 2 aromatic rings. The zero-order chi connectivity index (χ0) is 14.4. The molecule has 0 spiro atoms. The standard InChI is InChI=1S/C16H17ClFNO/c17-15-8-4-7-13(16(15)18)10-19-14(11-20)9-12-5-2-1-3-6-12/h1-8,14,19-20H,9-11H2/t14-/m1/s1. The van der Waals surface area contributed by atoms with E-state index in [1.54, 1.807) is 12.1 Å². The number of halogens is 2. The van der Waals surface area contributed by atoms with Gasteiger partial charge in [-0.25, -0.2) is 4.39 Å². The van der Waals surface area contributed by atoms with Crippen LogP contribution in [0.15, 0.2) is 48.5 Å². The van der Waals surface area contributed by atoms with E-state index in [4.69, 9.17) is 11.6 Å². The maximum atomic E-state index is 13.7. The van der Waals surface area contributed by atoms with Crippen LogP contribution in [0.1, 0.15) is 11.1 Å². The number of aliphatic hydroxyl groups is 1. The molecular weight excluding hydrogens is 277 g/mol. The van der Waals surface area contributed by atoms with Gasteiger partial charge in [0.15, 0.2) is 0 Å². The van der Waals surface area contributed by atoms with E-state index in [2.05, 4.69) is 5.32 Å². The molecule has 0 amide bonds. The van der Waals surface area contributed by atoms with Crippen molar-refractivity contribution in [3.05, 3.63) is 70.5 Å². The van der Waals surface area contributed by atoms with Crippen molar-refractivity contribution in [2.75, 3.05) is 6.61 Å². The van der Waals surface area contributed by atoms with Crippen molar-refractivity contribution in [3.8, 4) is 0 Å². The van der Waals surface area contributed by atoms with Crippen molar-refractivity contribution < 1.29 is 9.50 Å². The molecule has 106 valence electrons. The number of aliphatic hydroxyl groups excluding tert-OH is 1. The molecule has 2 rings (SSSR count). The molecule has 20 heavy (non-hydrogen) atoms. The van der Waals surface area contributed by atoms with Crippen LogP contribution in [-0.4, -0.2) is 17.8 Å². The van der Waals surface area contributed by atoms with Crippen LogP contribution >= 0.6 is 11.6 Å². The first kappa shape index (κ1) is 15.0. The molecule has 0 saturated heterocycles. The van der Waals surface area contributed by atoms with E-state index in [9.17, 15) is 9.50 Å². The Bertz CT molecular complexity index is 547. The first-order valence-corrected chi connectivity index (χ1v) is 6.89. The number of rotatable bonds is 6. The summed E-state index contributed by atoms with van der Waals surface area (Å²) in [6.07, 6.45) is 0.694. The van der Waals surface area contributed by atoms with Crippen LogP contribution in [0.3, 0.4) is 0 Å². The summed E-state index contributed by atoms with van der Waals surface area (Å²) in [4.78, 5) is 0. The predicted molar refractivity (Wildman–Crippen MR) is 79.3 cm³/mol. The normalized spacial score (nSPS) is 12.3. The lowest BCUT2D eigenvalue weighted by molar-refractivity contribution is 0.240. The van der Waals surface area contributed by atoms with Gasteiger partial charge in [-0.3, -0.25) is 0 Å². The maximum absolute atomic E-state index is 13.7. The van der Waals surface area contributed by atoms with Crippen LogP contribution < -0.4 is 5.32 Å². The SMILES string of the molecule is OC[C@@H](Cc1ccccc1)NCc1cccc(Cl)c1F. The molecule has 0 aromatic heterocycles. The Morgan fingerprint density at radius 3 is 2.55 bits per heavy atom. The van der Waals surface area contributed by atoms with Crippen molar-refractivity contribution in [3.63, 3.8) is 0 Å². The molecule has 0 aliphatic rings. The summed E-state index contributed by atoms with van der Waals surface area (Å²) in [6.45, 7) is 0.335. The quantitative estimate of drug-likeness (QED) is 0.857. The molecule has 0 heterocycles. The van der Waals surface area contributed by atoms with Gasteiger partial charge < -0.3 is 10.4 Å². The van der Waals surface area contributed by atoms with Gasteiger partial charge in [-0.15, -0.1) is 0 Å². The highest BCUT2D eigenvalue weighted by Crippen LogP contribution is 2.17. The molecule has 0 saturated carbocycles. The van der Waals surface area contributed by atoms with Gasteiger partial charge in [-0.2, -0.15) is 0 Å². The van der Waals surface area contributed by atoms with E-state index < -0.39 is 5.82 Å². The largest absolute Gasteiger partial charge is 0.395 e. The smallest absolute Gasteiger partial charge is 0.146 e. The third-order valence-electron chi connectivity index (χ3n) is 3.16. The fourth-order valence-corrected chi connectivity index (χ4v) is 2.23. The zero-order valence-corrected chi connectivity index (χ0v) is 11.8. The van der Waals surface area contributed by atoms with Crippen molar-refractivity contribution in [2.24, 2.45) is 0 Å². The summed E-state index contributed by atoms with van der Waals surface area (Å²) in [5, 5.41) is 12.7. The van der Waals surface area contributed by atoms with Gasteiger partial charge in [0.1, 0.15) is 5.82 Å². The number of hydrogen-bond acceptors (Lipinski definition) is 2. The van der Waals surface area contributed by atoms with Crippen LogP contribution in [0.5, 0.6) is 0 Å². The minimum Gasteiger partial charge on any atom is -0.395 e. The Kier molecular flexibility index (Phi) is 5.53. The maximum Gasteiger partial charge on any atom is 0.146 e. The minimum absolute atomic E-state index is 0.00290. The summed E-state index contributed by atoms with van der Waals surface area (Å²) in [5.41, 5.74) is 1.63. The van der Waals surface area contributed by atoms with Crippen LogP contribution in [0.25, 0.3) is 0 Å². The van der Waals surface area contributed by atoms with Gasteiger partial charge >= 0.3 is 0 Å². The van der Waals surface area contributed by atoms with Crippen molar-refractivity contribution in [1.29, 1.82) is 0 Å². The highest BCUT2D eigenvalue weighted by Gasteiger charge is 2.11. The molecule has 2 N–H and O–H groups in total. The highest BCUT2D eigenvalue weighted by atomic mass is 35.5. The molecule has 1 atom stereocenters. The van der Waals surface area contributed by atoms with Gasteiger partial charge in [-0.05, 0) is 18.1 Å². The molecule has 2 aromatic carbocycles. The summed E-state index contributed by atoms with van der Waals surface area (Å²) in [7, 11) is 0. The Morgan fingerprint density at radius 2 is 1.85 bits per heavy atom. The van der Waals surface area contributed by atoms with Gasteiger partial charge in [0.25, 0.3) is 0 Å². The van der Waals surface area contributed by atoms with Crippen LogP contribution in [0.4, 0.5) is 4.39 Å². The molecule has 0 aliphatic carbocycles. The Morgan fingerprint density at radius 1 is 1.10 bits per heavy atom. The average molecular weight is 294 g/mol. The summed E-state index contributed by atoms with van der Waals surface area (Å²) in [6, 6.07) is 14.7. The lowest BCUT2D eigenvalue weighted by Gasteiger charge is -2.17. The minimum atomic E-state index is -0.405. The van der Waals surface area contributed by atoms with E-state index in [0.29, 0.717) is 18.5 Å². The summed E-state index contributed by atoms with van der Waals surface area (Å²) in [5.74, 6) is -0.405. The van der Waals surface area contributed by atoms with Crippen molar-refractivity contribution in [1.82, 2.24) is 5.32 Å². The topological polar surface area (TPSA) is 32.3 Å². The van der Waals surface area contributed by atoms with E-state index in [0.717, 1.165) is 5.56 Å². The summed E-state index contributed by atoms with van der Waals surface area (Å²) < 4.78 is 13.7. The molecule has 0 radical (unpaired) electrons. The lowest BCUT2D eigenvalue weighted by Crippen LogP contribution is -2.34. The average Bonchev–Trinajstić information content (AvgIpc) is 2.48. The third-order valence-corrected chi connectivity index (χ3v) is 3.45. The predicted octanol–water partition coefficient (Wildman–Crippen LogP) is 3.17. The number of nitrogens with one attached hydrogen (secondary N) is 1. The molecule has 0 bridgehead atoms. The van der Waals surface area contributed by atoms with Gasteiger partial charge in [0.05, 0.1) is 11.6 Å². The monoisotopic (exact) mass is 293 g/mol. The molecular formula is C16H17ClFNO. The molecule has 0 fully saturated rings. The third kappa shape index (κ3) is 4.04. The van der Waals surface area contributed by atoms with Crippen molar-refractivity contribution in [2.45, 2.75) is 19.0 Å². The second-order valence-electron chi connectivity index (χ2n) is 4.66. The van der Waals surface area contributed by atoms with E-state index >= 15 is 0 Å². The number of benzene rings is 2. The second-order valence-corrected chi connectivity index (χ2v) is 5.07. The summed E-state index contributed by atoms with van der Waals surface area (Å²) >= 11 is 5.74. The Hall–Kier alpha value is -1.42. The van der Waals surface area contributed by atoms with E-state index in [-0.39, 0.29) is 17.7 Å². The number of hydrogen-bond donors (Lipinski definition) is 2. The van der Waals surface area contributed by atoms with E-state index in [1.165, 1.54) is 6.07 Å². The van der Waals surface area contributed by atoms with Gasteiger partial charge in [0.2, 0.25) is 0 Å². The fraction of sp³-hybridized carbons (Fsp3) is 0.250. The van der Waals surface area contributed by atoms with Gasteiger partial charge in [0, 0.05) is 18.2 Å². The lowest BCUT2D eigenvalue weighted by atomic mass is 10.1.